The van der Waals surface area contributed by atoms with Gasteiger partial charge in [0.2, 0.25) is 0 Å². The van der Waals surface area contributed by atoms with E-state index < -0.39 is 12.1 Å². The molecule has 0 fully saturated rings. The zero-order chi connectivity index (χ0) is 18.0. The summed E-state index contributed by atoms with van der Waals surface area (Å²) in [6.45, 7) is 15.9. The Labute approximate surface area is 130 Å². The van der Waals surface area contributed by atoms with Crippen molar-refractivity contribution in [3.8, 4) is 0 Å². The molecule has 126 valence electrons. The lowest BCUT2D eigenvalue weighted by Gasteiger charge is -2.02. The number of rotatable bonds is 5. The standard InChI is InChI=1S/C6H10N2O2.C4H5NO2.C3H9NO/c1-5(9)3-8-6(10)4-7-2;1-5-3-4(6)7-2;1-3(5)2-4/h5,9H,3-4H2,1H3,(H,8,10);3H2,2H3;3,5H,2,4H2,1H3. The number of nitrogens with zero attached hydrogens (tertiary/aromatic N) is 2. The maximum Gasteiger partial charge on any atom is 0.386 e. The molecular weight excluding hydrogens is 292 g/mol. The van der Waals surface area contributed by atoms with Crippen LogP contribution in [0.3, 0.4) is 0 Å². The highest BCUT2D eigenvalue weighted by molar-refractivity contribution is 5.79. The van der Waals surface area contributed by atoms with Crippen LogP contribution in [0, 0.1) is 13.1 Å². The number of aliphatic hydroxyl groups excluding tert-OH is 2. The second-order valence-electron chi connectivity index (χ2n) is 3.95. The van der Waals surface area contributed by atoms with Gasteiger partial charge in [0.05, 0.1) is 19.3 Å². The molecule has 0 saturated heterocycles. The summed E-state index contributed by atoms with van der Waals surface area (Å²) in [6.07, 6.45) is -0.885. The van der Waals surface area contributed by atoms with Crippen LogP contribution in [0.25, 0.3) is 9.69 Å². The van der Waals surface area contributed by atoms with E-state index >= 15 is 0 Å². The lowest BCUT2D eigenvalue weighted by Crippen LogP contribution is -2.31. The highest BCUT2D eigenvalue weighted by atomic mass is 16.5. The first kappa shape index (κ1) is 24.8. The Hall–Kier alpha value is -2.20. The second-order valence-corrected chi connectivity index (χ2v) is 3.95. The Bertz CT molecular complexity index is 372. The predicted octanol–water partition coefficient (Wildman–Crippen LogP) is -1.19. The molecule has 0 aromatic carbocycles. The molecule has 0 bridgehead atoms. The minimum Gasteiger partial charge on any atom is -0.464 e. The number of carbonyl (C=O) groups is 2. The number of carbonyl (C=O) groups excluding carboxylic acids is 2. The van der Waals surface area contributed by atoms with Crippen LogP contribution in [0.2, 0.25) is 0 Å². The molecule has 5 N–H and O–H groups in total. The van der Waals surface area contributed by atoms with Crippen LogP contribution in [0.4, 0.5) is 0 Å². The molecular formula is C13H24N4O5. The van der Waals surface area contributed by atoms with Crippen molar-refractivity contribution in [3.05, 3.63) is 22.8 Å². The number of amides is 1. The summed E-state index contributed by atoms with van der Waals surface area (Å²) < 4.78 is 4.14. The number of hydrogen-bond acceptors (Lipinski definition) is 6. The van der Waals surface area contributed by atoms with Crippen molar-refractivity contribution < 1.29 is 24.5 Å². The fourth-order valence-corrected chi connectivity index (χ4v) is 0.518. The van der Waals surface area contributed by atoms with Gasteiger partial charge in [0, 0.05) is 13.1 Å². The fourth-order valence-electron chi connectivity index (χ4n) is 0.518. The van der Waals surface area contributed by atoms with Gasteiger partial charge in [-0.25, -0.2) is 17.9 Å². The minimum atomic E-state index is -0.547. The van der Waals surface area contributed by atoms with Gasteiger partial charge in [-0.05, 0) is 13.8 Å². The normalized spacial score (nSPS) is 10.9. The number of esters is 1. The summed E-state index contributed by atoms with van der Waals surface area (Å²) in [5, 5.41) is 19.3. The van der Waals surface area contributed by atoms with Gasteiger partial charge in [-0.3, -0.25) is 4.79 Å². The molecule has 0 aliphatic carbocycles. The van der Waals surface area contributed by atoms with Gasteiger partial charge >= 0.3 is 12.5 Å². The van der Waals surface area contributed by atoms with E-state index in [1.165, 1.54) is 7.11 Å². The third kappa shape index (κ3) is 30.7. The first-order chi connectivity index (χ1) is 10.2. The van der Waals surface area contributed by atoms with Gasteiger partial charge in [0.25, 0.3) is 12.5 Å². The monoisotopic (exact) mass is 316 g/mol. The van der Waals surface area contributed by atoms with Gasteiger partial charge in [0.15, 0.2) is 0 Å². The number of ether oxygens (including phenoxy) is 1. The average molecular weight is 316 g/mol. The predicted molar refractivity (Wildman–Crippen MR) is 80.4 cm³/mol. The average Bonchev–Trinajstić information content (AvgIpc) is 2.47. The van der Waals surface area contributed by atoms with Crippen LogP contribution >= 0.6 is 0 Å². The molecule has 0 saturated carbocycles. The Morgan fingerprint density at radius 1 is 1.18 bits per heavy atom. The SMILES string of the molecule is CC(O)CN.[C-]#[N+]CC(=O)NCC(C)O.[C-]#[N+]CC(=O)OC. The Morgan fingerprint density at radius 3 is 1.86 bits per heavy atom. The number of hydrogen-bond donors (Lipinski definition) is 4. The summed E-state index contributed by atoms with van der Waals surface area (Å²) in [5.74, 6) is -0.814. The smallest absolute Gasteiger partial charge is 0.386 e. The van der Waals surface area contributed by atoms with Crippen molar-refractivity contribution in [3.63, 3.8) is 0 Å². The first-order valence-corrected chi connectivity index (χ1v) is 6.31. The van der Waals surface area contributed by atoms with Gasteiger partial charge < -0.3 is 35.7 Å². The van der Waals surface area contributed by atoms with Crippen LogP contribution in [0.1, 0.15) is 13.8 Å². The van der Waals surface area contributed by atoms with Crippen molar-refractivity contribution in [1.29, 1.82) is 0 Å². The molecule has 0 aromatic heterocycles. The summed E-state index contributed by atoms with van der Waals surface area (Å²) in [4.78, 5) is 26.1. The molecule has 0 heterocycles. The Morgan fingerprint density at radius 2 is 1.64 bits per heavy atom. The van der Waals surface area contributed by atoms with E-state index in [9.17, 15) is 9.59 Å². The van der Waals surface area contributed by atoms with Crippen LogP contribution in [-0.4, -0.2) is 67.6 Å². The Kier molecular flexibility index (Phi) is 21.2. The lowest BCUT2D eigenvalue weighted by atomic mass is 10.4. The molecule has 0 aliphatic rings. The topological polar surface area (TPSA) is 131 Å². The molecule has 0 radical (unpaired) electrons. The third-order valence-corrected chi connectivity index (χ3v) is 1.59. The lowest BCUT2D eigenvalue weighted by molar-refractivity contribution is -0.138. The number of methoxy groups -OCH3 is 1. The van der Waals surface area contributed by atoms with E-state index in [1.54, 1.807) is 13.8 Å². The molecule has 0 aromatic rings. The summed E-state index contributed by atoms with van der Waals surface area (Å²) in [6, 6.07) is 0. The first-order valence-electron chi connectivity index (χ1n) is 6.31. The van der Waals surface area contributed by atoms with Crippen LogP contribution < -0.4 is 11.1 Å². The summed E-state index contributed by atoms with van der Waals surface area (Å²) in [5.41, 5.74) is 4.92. The van der Waals surface area contributed by atoms with Crippen molar-refractivity contribution in [2.75, 3.05) is 33.3 Å². The molecule has 9 heteroatoms. The van der Waals surface area contributed by atoms with Crippen molar-refractivity contribution in [2.24, 2.45) is 5.73 Å². The molecule has 22 heavy (non-hydrogen) atoms. The van der Waals surface area contributed by atoms with E-state index in [4.69, 9.17) is 29.1 Å². The molecule has 0 spiro atoms. The van der Waals surface area contributed by atoms with Gasteiger partial charge in [-0.15, -0.1) is 0 Å². The third-order valence-electron chi connectivity index (χ3n) is 1.59. The van der Waals surface area contributed by atoms with E-state index in [0.29, 0.717) is 6.54 Å². The van der Waals surface area contributed by atoms with Crippen molar-refractivity contribution in [2.45, 2.75) is 26.1 Å². The van der Waals surface area contributed by atoms with Crippen LogP contribution in [-0.2, 0) is 14.3 Å². The summed E-state index contributed by atoms with van der Waals surface area (Å²) in [7, 11) is 1.26. The maximum atomic E-state index is 10.5. The van der Waals surface area contributed by atoms with Crippen LogP contribution in [0.15, 0.2) is 0 Å². The molecule has 0 aliphatic heterocycles. The quantitative estimate of drug-likeness (QED) is 0.372. The number of aliphatic hydroxyl groups is 2. The van der Waals surface area contributed by atoms with E-state index in [1.807, 2.05) is 0 Å². The Balaban J connectivity index is -0.000000263. The highest BCUT2D eigenvalue weighted by Crippen LogP contribution is 1.75. The second kappa shape index (κ2) is 18.8. The minimum absolute atomic E-state index is 0.160. The highest BCUT2D eigenvalue weighted by Gasteiger charge is 2.03. The molecule has 9 nitrogen and oxygen atoms in total. The van der Waals surface area contributed by atoms with Gasteiger partial charge in [-0.1, -0.05) is 0 Å². The van der Waals surface area contributed by atoms with Crippen molar-refractivity contribution >= 4 is 11.9 Å². The number of nitrogens with two attached hydrogens (primary N) is 1. The fraction of sp³-hybridized carbons (Fsp3) is 0.692. The van der Waals surface area contributed by atoms with Crippen molar-refractivity contribution in [1.82, 2.24) is 5.32 Å². The zero-order valence-electron chi connectivity index (χ0n) is 13.1. The van der Waals surface area contributed by atoms with Gasteiger partial charge in [-0.2, -0.15) is 0 Å². The van der Waals surface area contributed by atoms with Crippen LogP contribution in [0.5, 0.6) is 0 Å². The van der Waals surface area contributed by atoms with Gasteiger partial charge in [0.1, 0.15) is 0 Å². The molecule has 0 rings (SSSR count). The van der Waals surface area contributed by atoms with E-state index in [0.717, 1.165) is 0 Å². The summed E-state index contributed by atoms with van der Waals surface area (Å²) >= 11 is 0. The van der Waals surface area contributed by atoms with E-state index in [2.05, 4.69) is 19.7 Å². The molecule has 1 amide bonds. The van der Waals surface area contributed by atoms with E-state index in [-0.39, 0.29) is 31.6 Å². The molecule has 2 unspecified atom stereocenters. The largest absolute Gasteiger partial charge is 0.464 e. The number of nitrogens with one attached hydrogen (secondary N) is 1. The maximum absolute atomic E-state index is 10.5. The molecule has 2 atom stereocenters. The zero-order valence-corrected chi connectivity index (χ0v) is 13.1.